The Morgan fingerprint density at radius 1 is 1.30 bits per heavy atom. The summed E-state index contributed by atoms with van der Waals surface area (Å²) in [7, 11) is -3.29. The number of H-pyrrole nitrogens is 1. The van der Waals surface area contributed by atoms with Gasteiger partial charge in [0, 0.05) is 36.0 Å². The number of hydrogen-bond donors (Lipinski definition) is 1. The minimum atomic E-state index is -3.29. The molecule has 0 aliphatic carbocycles. The van der Waals surface area contributed by atoms with Gasteiger partial charge in [0.2, 0.25) is 0 Å². The van der Waals surface area contributed by atoms with E-state index in [4.69, 9.17) is 14.7 Å². The molecule has 2 saturated heterocycles. The van der Waals surface area contributed by atoms with Crippen LogP contribution in [0.15, 0.2) is 30.7 Å². The van der Waals surface area contributed by atoms with Gasteiger partial charge in [-0.05, 0) is 32.8 Å². The van der Waals surface area contributed by atoms with E-state index in [0.29, 0.717) is 44.1 Å². The minimum Gasteiger partial charge on any atom is -0.377 e. The molecule has 8 nitrogen and oxygen atoms in total. The zero-order valence-corrected chi connectivity index (χ0v) is 17.9. The number of morpholine rings is 1. The molecule has 2 atom stereocenters. The fourth-order valence-electron chi connectivity index (χ4n) is 4.47. The van der Waals surface area contributed by atoms with Crippen molar-refractivity contribution in [2.75, 3.05) is 30.4 Å². The number of fused-ring (bicyclic) bond motifs is 1. The first-order valence-electron chi connectivity index (χ1n) is 10.3. The van der Waals surface area contributed by atoms with Gasteiger partial charge >= 0.3 is 0 Å². The first kappa shape index (κ1) is 19.4. The van der Waals surface area contributed by atoms with Crippen molar-refractivity contribution in [3.8, 4) is 11.4 Å². The Morgan fingerprint density at radius 2 is 2.17 bits per heavy atom. The van der Waals surface area contributed by atoms with Gasteiger partial charge in [-0.15, -0.1) is 0 Å². The largest absolute Gasteiger partial charge is 0.377 e. The zero-order valence-electron chi connectivity index (χ0n) is 17.1. The molecule has 9 heteroatoms. The SMILES string of the molecule is C[C@@H]1COCCN1c1cc(C2(C)CCCS2(=O)=O)nc(-c2cncc3[nH]ccc23)n1. The quantitative estimate of drug-likeness (QED) is 0.686. The molecule has 158 valence electrons. The second-order valence-electron chi connectivity index (χ2n) is 8.33. The molecule has 0 amide bonds. The summed E-state index contributed by atoms with van der Waals surface area (Å²) in [6.07, 6.45) is 6.57. The molecule has 1 unspecified atom stereocenters. The fraction of sp³-hybridized carbons (Fsp3) is 0.476. The van der Waals surface area contributed by atoms with E-state index in [0.717, 1.165) is 22.3 Å². The molecule has 0 saturated carbocycles. The third kappa shape index (κ3) is 2.99. The molecular formula is C21H25N5O3S. The zero-order chi connectivity index (χ0) is 20.9. The van der Waals surface area contributed by atoms with Gasteiger partial charge < -0.3 is 14.6 Å². The predicted octanol–water partition coefficient (Wildman–Crippen LogP) is 2.67. The summed E-state index contributed by atoms with van der Waals surface area (Å²) in [6, 6.07) is 3.97. The van der Waals surface area contributed by atoms with Crippen molar-refractivity contribution in [3.63, 3.8) is 0 Å². The molecule has 30 heavy (non-hydrogen) atoms. The highest BCUT2D eigenvalue weighted by Gasteiger charge is 2.46. The van der Waals surface area contributed by atoms with Crippen molar-refractivity contribution in [1.29, 1.82) is 0 Å². The van der Waals surface area contributed by atoms with Gasteiger partial charge in [0.25, 0.3) is 0 Å². The maximum absolute atomic E-state index is 12.9. The molecule has 0 bridgehead atoms. The van der Waals surface area contributed by atoms with E-state index >= 15 is 0 Å². The lowest BCUT2D eigenvalue weighted by Crippen LogP contribution is -2.44. The second kappa shape index (κ2) is 7.02. The van der Waals surface area contributed by atoms with Crippen molar-refractivity contribution in [3.05, 3.63) is 36.4 Å². The highest BCUT2D eigenvalue weighted by molar-refractivity contribution is 7.92. The minimum absolute atomic E-state index is 0.142. The molecule has 2 aliphatic heterocycles. The Bertz CT molecular complexity index is 1210. The van der Waals surface area contributed by atoms with Gasteiger partial charge in [-0.25, -0.2) is 18.4 Å². The number of aromatic nitrogens is 4. The van der Waals surface area contributed by atoms with E-state index in [1.54, 1.807) is 19.3 Å². The third-order valence-corrected chi connectivity index (χ3v) is 9.00. The lowest BCUT2D eigenvalue weighted by atomic mass is 10.0. The average Bonchev–Trinajstić information content (AvgIpc) is 3.32. The molecule has 1 N–H and O–H groups in total. The Balaban J connectivity index is 1.73. The van der Waals surface area contributed by atoms with Crippen LogP contribution in [0.5, 0.6) is 0 Å². The van der Waals surface area contributed by atoms with Crippen LogP contribution in [0.1, 0.15) is 32.4 Å². The van der Waals surface area contributed by atoms with Crippen LogP contribution in [0.3, 0.4) is 0 Å². The average molecular weight is 428 g/mol. The number of rotatable bonds is 3. The number of nitrogens with one attached hydrogen (secondary N) is 1. The van der Waals surface area contributed by atoms with Crippen LogP contribution in [-0.2, 0) is 19.3 Å². The number of anilines is 1. The maximum Gasteiger partial charge on any atom is 0.164 e. The highest BCUT2D eigenvalue weighted by atomic mass is 32.2. The van der Waals surface area contributed by atoms with Gasteiger partial charge in [0.05, 0.1) is 42.4 Å². The van der Waals surface area contributed by atoms with Crippen molar-refractivity contribution >= 4 is 26.6 Å². The Labute approximate surface area is 175 Å². The number of ether oxygens (including phenoxy) is 1. The summed E-state index contributed by atoms with van der Waals surface area (Å²) in [5.74, 6) is 1.44. The second-order valence-corrected chi connectivity index (χ2v) is 10.9. The molecule has 3 aromatic rings. The number of sulfone groups is 1. The molecular weight excluding hydrogens is 402 g/mol. The predicted molar refractivity (Wildman–Crippen MR) is 115 cm³/mol. The molecule has 3 aromatic heterocycles. The lowest BCUT2D eigenvalue weighted by molar-refractivity contribution is 0.0985. The van der Waals surface area contributed by atoms with Crippen LogP contribution in [-0.4, -0.2) is 59.9 Å². The monoisotopic (exact) mass is 427 g/mol. The Kier molecular flexibility index (Phi) is 4.55. The van der Waals surface area contributed by atoms with Crippen molar-refractivity contribution < 1.29 is 13.2 Å². The van der Waals surface area contributed by atoms with Gasteiger partial charge in [-0.2, -0.15) is 0 Å². The van der Waals surface area contributed by atoms with Crippen LogP contribution in [0.4, 0.5) is 5.82 Å². The molecule has 0 aromatic carbocycles. The molecule has 0 radical (unpaired) electrons. The smallest absolute Gasteiger partial charge is 0.164 e. The van der Waals surface area contributed by atoms with Gasteiger partial charge in [0.1, 0.15) is 10.6 Å². The summed E-state index contributed by atoms with van der Waals surface area (Å²) in [5.41, 5.74) is 2.24. The van der Waals surface area contributed by atoms with E-state index in [9.17, 15) is 8.42 Å². The number of aromatic amines is 1. The fourth-order valence-corrected chi connectivity index (χ4v) is 6.32. The molecule has 5 rings (SSSR count). The van der Waals surface area contributed by atoms with Crippen LogP contribution in [0.2, 0.25) is 0 Å². The van der Waals surface area contributed by atoms with E-state index < -0.39 is 14.6 Å². The lowest BCUT2D eigenvalue weighted by Gasteiger charge is -2.35. The van der Waals surface area contributed by atoms with Gasteiger partial charge in [-0.1, -0.05) is 0 Å². The van der Waals surface area contributed by atoms with Gasteiger partial charge in [0.15, 0.2) is 15.7 Å². The Hall–Kier alpha value is -2.52. The topological polar surface area (TPSA) is 101 Å². The number of nitrogens with zero attached hydrogens (tertiary/aromatic N) is 4. The number of pyridine rings is 1. The first-order chi connectivity index (χ1) is 14.4. The molecule has 0 spiro atoms. The van der Waals surface area contributed by atoms with Crippen LogP contribution >= 0.6 is 0 Å². The normalized spacial score (nSPS) is 26.3. The van der Waals surface area contributed by atoms with E-state index in [1.807, 2.05) is 18.3 Å². The van der Waals surface area contributed by atoms with Crippen LogP contribution in [0, 0.1) is 0 Å². The maximum atomic E-state index is 12.9. The van der Waals surface area contributed by atoms with Gasteiger partial charge in [-0.3, -0.25) is 4.98 Å². The van der Waals surface area contributed by atoms with Crippen molar-refractivity contribution in [1.82, 2.24) is 19.9 Å². The number of hydrogen-bond acceptors (Lipinski definition) is 7. The highest BCUT2D eigenvalue weighted by Crippen LogP contribution is 2.42. The van der Waals surface area contributed by atoms with E-state index in [1.165, 1.54) is 0 Å². The first-order valence-corrected chi connectivity index (χ1v) is 11.9. The Morgan fingerprint density at radius 3 is 2.93 bits per heavy atom. The van der Waals surface area contributed by atoms with E-state index in [2.05, 4.69) is 21.8 Å². The summed E-state index contributed by atoms with van der Waals surface area (Å²) >= 11 is 0. The summed E-state index contributed by atoms with van der Waals surface area (Å²) in [4.78, 5) is 19.3. The van der Waals surface area contributed by atoms with Crippen molar-refractivity contribution in [2.24, 2.45) is 0 Å². The van der Waals surface area contributed by atoms with Crippen molar-refractivity contribution in [2.45, 2.75) is 37.5 Å². The van der Waals surface area contributed by atoms with Crippen LogP contribution in [0.25, 0.3) is 22.3 Å². The standard InChI is InChI=1S/C21H25N5O3S/c1-14-13-29-8-7-26(14)19-10-18(21(2)5-3-9-30(21,27)28)24-20(25-19)16-11-22-12-17-15(16)4-6-23-17/h4,6,10-12,14,23H,3,5,7-9,13H2,1-2H3/t14-,21?/m1/s1. The molecule has 5 heterocycles. The van der Waals surface area contributed by atoms with E-state index in [-0.39, 0.29) is 11.8 Å². The summed E-state index contributed by atoms with van der Waals surface area (Å²) in [6.45, 7) is 5.81. The summed E-state index contributed by atoms with van der Waals surface area (Å²) < 4.78 is 30.5. The van der Waals surface area contributed by atoms with Crippen LogP contribution < -0.4 is 4.90 Å². The third-order valence-electron chi connectivity index (χ3n) is 6.39. The summed E-state index contributed by atoms with van der Waals surface area (Å²) in [5, 5.41) is 0.961. The molecule has 2 aliphatic rings. The molecule has 2 fully saturated rings.